The van der Waals surface area contributed by atoms with Gasteiger partial charge in [-0.15, -0.1) is 0 Å². The van der Waals surface area contributed by atoms with Gasteiger partial charge >= 0.3 is 6.18 Å². The van der Waals surface area contributed by atoms with Gasteiger partial charge in [0.25, 0.3) is 0 Å². The molecule has 0 saturated heterocycles. The van der Waals surface area contributed by atoms with E-state index < -0.39 is 12.8 Å². The summed E-state index contributed by atoms with van der Waals surface area (Å²) in [6.45, 7) is 6.35. The first-order valence-corrected chi connectivity index (χ1v) is 6.30. The molecule has 0 atom stereocenters. The predicted molar refractivity (Wildman–Crippen MR) is 72.0 cm³/mol. The normalized spacial score (nSPS) is 12.3. The monoisotopic (exact) mass is 291 g/mol. The first kappa shape index (κ1) is 16.6. The number of nitrogens with one attached hydrogen (secondary N) is 2. The van der Waals surface area contributed by atoms with Gasteiger partial charge < -0.3 is 15.4 Å². The zero-order chi connectivity index (χ0) is 15.2. The van der Waals surface area contributed by atoms with Crippen molar-refractivity contribution < 1.29 is 17.9 Å². The number of halogens is 3. The maximum atomic E-state index is 12.0. The molecule has 4 nitrogen and oxygen atoms in total. The first-order chi connectivity index (χ1) is 9.16. The number of anilines is 1. The minimum Gasteiger partial charge on any atom is -0.468 e. The van der Waals surface area contributed by atoms with Crippen LogP contribution in [0.2, 0.25) is 0 Å². The maximum absolute atomic E-state index is 12.0. The van der Waals surface area contributed by atoms with Crippen LogP contribution in [0.1, 0.15) is 20.8 Å². The van der Waals surface area contributed by atoms with Crippen LogP contribution in [0.25, 0.3) is 0 Å². The summed E-state index contributed by atoms with van der Waals surface area (Å²) in [7, 11) is 0. The Morgan fingerprint density at radius 2 is 1.85 bits per heavy atom. The highest BCUT2D eigenvalue weighted by Gasteiger charge is 2.28. The number of ether oxygens (including phenoxy) is 1. The van der Waals surface area contributed by atoms with E-state index in [0.29, 0.717) is 6.54 Å². The van der Waals surface area contributed by atoms with Crippen molar-refractivity contribution >= 4 is 5.69 Å². The fourth-order valence-electron chi connectivity index (χ4n) is 1.37. The van der Waals surface area contributed by atoms with Gasteiger partial charge in [-0.2, -0.15) is 13.2 Å². The van der Waals surface area contributed by atoms with E-state index >= 15 is 0 Å². The summed E-state index contributed by atoms with van der Waals surface area (Å²) < 4.78 is 40.4. The van der Waals surface area contributed by atoms with E-state index in [1.54, 1.807) is 6.07 Å². The Morgan fingerprint density at radius 3 is 2.35 bits per heavy atom. The SMILES string of the molecule is CC(C)(C)NCCNc1ccc(OCC(F)(F)F)nc1. The van der Waals surface area contributed by atoms with Crippen LogP contribution in [0.15, 0.2) is 18.3 Å². The Kier molecular flexibility index (Phi) is 5.62. The van der Waals surface area contributed by atoms with Gasteiger partial charge in [0, 0.05) is 24.7 Å². The van der Waals surface area contributed by atoms with E-state index in [1.807, 2.05) is 0 Å². The summed E-state index contributed by atoms with van der Waals surface area (Å²) >= 11 is 0. The molecule has 0 aliphatic heterocycles. The molecule has 1 aromatic rings. The van der Waals surface area contributed by atoms with E-state index in [1.165, 1.54) is 12.3 Å². The van der Waals surface area contributed by atoms with Crippen molar-refractivity contribution in [1.82, 2.24) is 10.3 Å². The molecule has 0 fully saturated rings. The first-order valence-electron chi connectivity index (χ1n) is 6.30. The van der Waals surface area contributed by atoms with Crippen molar-refractivity contribution in [1.29, 1.82) is 0 Å². The standard InChI is InChI=1S/C13H20F3N3O/c1-12(2,3)19-7-6-17-10-4-5-11(18-8-10)20-9-13(14,15)16/h4-5,8,17,19H,6-7,9H2,1-3H3. The molecule has 1 aromatic heterocycles. The lowest BCUT2D eigenvalue weighted by atomic mass is 10.1. The van der Waals surface area contributed by atoms with Crippen molar-refractivity contribution in [3.8, 4) is 5.88 Å². The van der Waals surface area contributed by atoms with E-state index in [2.05, 4.69) is 41.1 Å². The largest absolute Gasteiger partial charge is 0.468 e. The van der Waals surface area contributed by atoms with Gasteiger partial charge in [0.15, 0.2) is 6.61 Å². The van der Waals surface area contributed by atoms with Crippen molar-refractivity contribution in [2.75, 3.05) is 25.0 Å². The molecule has 1 heterocycles. The number of hydrogen-bond donors (Lipinski definition) is 2. The molecule has 0 radical (unpaired) electrons. The third-order valence-electron chi connectivity index (χ3n) is 2.23. The number of nitrogens with zero attached hydrogens (tertiary/aromatic N) is 1. The molecule has 0 saturated carbocycles. The average molecular weight is 291 g/mol. The highest BCUT2D eigenvalue weighted by atomic mass is 19.4. The average Bonchev–Trinajstić information content (AvgIpc) is 2.31. The Hall–Kier alpha value is -1.50. The van der Waals surface area contributed by atoms with Gasteiger partial charge in [0.1, 0.15) is 0 Å². The number of pyridine rings is 1. The molecular weight excluding hydrogens is 271 g/mol. The smallest absolute Gasteiger partial charge is 0.422 e. The lowest BCUT2D eigenvalue weighted by molar-refractivity contribution is -0.154. The quantitative estimate of drug-likeness (QED) is 0.791. The van der Waals surface area contributed by atoms with E-state index in [4.69, 9.17) is 0 Å². The summed E-state index contributed by atoms with van der Waals surface area (Å²) in [4.78, 5) is 3.80. The third kappa shape index (κ3) is 7.83. The van der Waals surface area contributed by atoms with Gasteiger partial charge in [-0.25, -0.2) is 4.98 Å². The van der Waals surface area contributed by atoms with Crippen LogP contribution in [0.4, 0.5) is 18.9 Å². The predicted octanol–water partition coefficient (Wildman–Crippen LogP) is 2.82. The lowest BCUT2D eigenvalue weighted by Crippen LogP contribution is -2.38. The Bertz CT molecular complexity index is 399. The lowest BCUT2D eigenvalue weighted by Gasteiger charge is -2.20. The molecular formula is C13H20F3N3O. The van der Waals surface area contributed by atoms with Crippen LogP contribution in [0, 0.1) is 0 Å². The Labute approximate surface area is 116 Å². The topological polar surface area (TPSA) is 46.2 Å². The molecule has 0 aromatic carbocycles. The molecule has 1 rings (SSSR count). The van der Waals surface area contributed by atoms with Crippen LogP contribution in [-0.4, -0.2) is 36.4 Å². The number of aromatic nitrogens is 1. The van der Waals surface area contributed by atoms with Crippen molar-refractivity contribution in [3.63, 3.8) is 0 Å². The van der Waals surface area contributed by atoms with Crippen LogP contribution < -0.4 is 15.4 Å². The zero-order valence-corrected chi connectivity index (χ0v) is 11.8. The molecule has 114 valence electrons. The second-order valence-corrected chi connectivity index (χ2v) is 5.39. The van der Waals surface area contributed by atoms with E-state index in [-0.39, 0.29) is 11.4 Å². The van der Waals surface area contributed by atoms with Gasteiger partial charge in [0.05, 0.1) is 11.9 Å². The molecule has 0 unspecified atom stereocenters. The molecule has 0 amide bonds. The molecule has 7 heteroatoms. The van der Waals surface area contributed by atoms with Crippen LogP contribution in [0.5, 0.6) is 5.88 Å². The third-order valence-corrected chi connectivity index (χ3v) is 2.23. The fraction of sp³-hybridized carbons (Fsp3) is 0.615. The number of rotatable bonds is 6. The highest BCUT2D eigenvalue weighted by Crippen LogP contribution is 2.17. The minimum absolute atomic E-state index is 0.0410. The van der Waals surface area contributed by atoms with E-state index in [9.17, 15) is 13.2 Å². The van der Waals surface area contributed by atoms with Crippen LogP contribution in [0.3, 0.4) is 0 Å². The van der Waals surface area contributed by atoms with E-state index in [0.717, 1.165) is 12.2 Å². The number of alkyl halides is 3. The molecule has 20 heavy (non-hydrogen) atoms. The fourth-order valence-corrected chi connectivity index (χ4v) is 1.37. The Morgan fingerprint density at radius 1 is 1.15 bits per heavy atom. The zero-order valence-electron chi connectivity index (χ0n) is 11.8. The van der Waals surface area contributed by atoms with Crippen LogP contribution >= 0.6 is 0 Å². The van der Waals surface area contributed by atoms with Gasteiger partial charge in [-0.3, -0.25) is 0 Å². The van der Waals surface area contributed by atoms with Gasteiger partial charge in [-0.1, -0.05) is 0 Å². The highest BCUT2D eigenvalue weighted by molar-refractivity contribution is 5.41. The summed E-state index contributed by atoms with van der Waals surface area (Å²) in [5, 5.41) is 6.42. The minimum atomic E-state index is -4.35. The molecule has 0 bridgehead atoms. The van der Waals surface area contributed by atoms with Crippen molar-refractivity contribution in [3.05, 3.63) is 18.3 Å². The molecule has 2 N–H and O–H groups in total. The van der Waals surface area contributed by atoms with Gasteiger partial charge in [0.2, 0.25) is 5.88 Å². The summed E-state index contributed by atoms with van der Waals surface area (Å²) in [5.74, 6) is -0.0410. The second kappa shape index (κ2) is 6.78. The molecule has 0 spiro atoms. The summed E-state index contributed by atoms with van der Waals surface area (Å²) in [6.07, 6.45) is -2.90. The summed E-state index contributed by atoms with van der Waals surface area (Å²) in [5.41, 5.74) is 0.787. The van der Waals surface area contributed by atoms with Crippen LogP contribution in [-0.2, 0) is 0 Å². The molecule has 0 aliphatic carbocycles. The van der Waals surface area contributed by atoms with Gasteiger partial charge in [-0.05, 0) is 26.8 Å². The second-order valence-electron chi connectivity index (χ2n) is 5.39. The van der Waals surface area contributed by atoms with Crippen molar-refractivity contribution in [2.24, 2.45) is 0 Å². The Balaban J connectivity index is 2.32. The molecule has 0 aliphatic rings. The number of hydrogen-bond acceptors (Lipinski definition) is 4. The maximum Gasteiger partial charge on any atom is 0.422 e. The summed E-state index contributed by atoms with van der Waals surface area (Å²) in [6, 6.07) is 3.04. The van der Waals surface area contributed by atoms with Crippen molar-refractivity contribution in [2.45, 2.75) is 32.5 Å².